The normalized spacial score (nSPS) is 26.0. The lowest BCUT2D eigenvalue weighted by molar-refractivity contribution is -0.137. The molecule has 1 saturated carbocycles. The van der Waals surface area contributed by atoms with Gasteiger partial charge in [0.15, 0.2) is 5.69 Å². The van der Waals surface area contributed by atoms with Gasteiger partial charge < -0.3 is 15.0 Å². The van der Waals surface area contributed by atoms with Gasteiger partial charge in [-0.3, -0.25) is 19.3 Å². The van der Waals surface area contributed by atoms with Crippen molar-refractivity contribution in [3.05, 3.63) is 46.6 Å². The first-order valence-corrected chi connectivity index (χ1v) is 15.3. The summed E-state index contributed by atoms with van der Waals surface area (Å²) in [5.41, 5.74) is -0.445. The van der Waals surface area contributed by atoms with Gasteiger partial charge in [0.05, 0.1) is 17.7 Å². The molecule has 1 aliphatic carbocycles. The van der Waals surface area contributed by atoms with Gasteiger partial charge in [-0.05, 0) is 76.5 Å². The molecule has 3 fully saturated rings. The van der Waals surface area contributed by atoms with Gasteiger partial charge in [-0.2, -0.15) is 23.5 Å². The Bertz CT molecular complexity index is 1510. The van der Waals surface area contributed by atoms with E-state index in [0.717, 1.165) is 31.0 Å². The van der Waals surface area contributed by atoms with Gasteiger partial charge in [-0.25, -0.2) is 4.68 Å². The molecule has 6 rings (SSSR count). The molecule has 234 valence electrons. The Hall–Kier alpha value is -3.92. The number of anilines is 1. The number of aromatic nitrogens is 2. The predicted octanol–water partition coefficient (Wildman–Crippen LogP) is 4.43. The minimum absolute atomic E-state index is 0.0369. The van der Waals surface area contributed by atoms with E-state index in [9.17, 15) is 32.8 Å². The van der Waals surface area contributed by atoms with Gasteiger partial charge in [0, 0.05) is 42.8 Å². The van der Waals surface area contributed by atoms with Crippen LogP contribution >= 0.6 is 0 Å². The third kappa shape index (κ3) is 5.23. The molecule has 0 radical (unpaired) electrons. The van der Waals surface area contributed by atoms with E-state index in [1.807, 2.05) is 6.92 Å². The summed E-state index contributed by atoms with van der Waals surface area (Å²) in [7, 11) is 0. The maximum atomic E-state index is 14.3. The number of halogens is 3. The first-order chi connectivity index (χ1) is 21.0. The Morgan fingerprint density at radius 3 is 2.50 bits per heavy atom. The largest absolute Gasteiger partial charge is 0.416 e. The molecule has 0 unspecified atom stereocenters. The molecule has 1 aromatic carbocycles. The highest BCUT2D eigenvalue weighted by molar-refractivity contribution is 6.07. The average Bonchev–Trinajstić information content (AvgIpc) is 3.68. The van der Waals surface area contributed by atoms with Gasteiger partial charge in [-0.15, -0.1) is 0 Å². The zero-order chi connectivity index (χ0) is 31.3. The van der Waals surface area contributed by atoms with Crippen molar-refractivity contribution in [3.63, 3.8) is 0 Å². The number of nitrogens with one attached hydrogen (secondary N) is 1. The van der Waals surface area contributed by atoms with Crippen LogP contribution in [0.1, 0.15) is 96.3 Å². The molecule has 3 amide bonds. The van der Waals surface area contributed by atoms with Crippen LogP contribution in [-0.4, -0.2) is 70.3 Å². The minimum Gasteiger partial charge on any atom is -0.381 e. The summed E-state index contributed by atoms with van der Waals surface area (Å²) < 4.78 is 47.6. The fraction of sp³-hybridized carbons (Fsp3) is 0.581. The zero-order valence-corrected chi connectivity index (χ0v) is 24.6. The van der Waals surface area contributed by atoms with Gasteiger partial charge >= 0.3 is 6.18 Å². The molecule has 44 heavy (non-hydrogen) atoms. The number of nitriles is 1. The molecular weight excluding hydrogens is 577 g/mol. The van der Waals surface area contributed by atoms with Crippen molar-refractivity contribution in [2.24, 2.45) is 5.92 Å². The van der Waals surface area contributed by atoms with Gasteiger partial charge in [0.2, 0.25) is 0 Å². The Kier molecular flexibility index (Phi) is 7.90. The van der Waals surface area contributed by atoms with E-state index >= 15 is 0 Å². The van der Waals surface area contributed by atoms with E-state index in [2.05, 4.69) is 11.4 Å². The summed E-state index contributed by atoms with van der Waals surface area (Å²) >= 11 is 0. The quantitative estimate of drug-likeness (QED) is 0.516. The molecule has 4 heterocycles. The lowest BCUT2D eigenvalue weighted by Crippen LogP contribution is -2.56. The van der Waals surface area contributed by atoms with Crippen LogP contribution < -0.4 is 10.2 Å². The monoisotopic (exact) mass is 612 g/mol. The number of rotatable bonds is 6. The van der Waals surface area contributed by atoms with Crippen molar-refractivity contribution in [2.75, 3.05) is 24.7 Å². The number of likely N-dealkylation sites (tertiary alicyclic amines) is 1. The molecule has 4 atom stereocenters. The molecule has 3 aliphatic heterocycles. The number of fused-ring (bicyclic) bond motifs is 1. The number of alkyl halides is 3. The van der Waals surface area contributed by atoms with Crippen LogP contribution in [0.4, 0.5) is 19.0 Å². The van der Waals surface area contributed by atoms with Crippen molar-refractivity contribution < 1.29 is 32.3 Å². The average molecular weight is 613 g/mol. The van der Waals surface area contributed by atoms with Crippen LogP contribution in [0, 0.1) is 17.2 Å². The number of carbonyl (C=O) groups is 3. The van der Waals surface area contributed by atoms with E-state index < -0.39 is 41.6 Å². The summed E-state index contributed by atoms with van der Waals surface area (Å²) in [5.74, 6) is -1.71. The molecule has 0 spiro atoms. The number of amides is 3. The topological polar surface area (TPSA) is 121 Å². The highest BCUT2D eigenvalue weighted by Gasteiger charge is 2.53. The molecule has 13 heteroatoms. The molecular formula is C31H35F3N6O4. The van der Waals surface area contributed by atoms with Crippen molar-refractivity contribution in [3.8, 4) is 6.07 Å². The van der Waals surface area contributed by atoms with E-state index in [1.54, 1.807) is 16.5 Å². The Morgan fingerprint density at radius 2 is 1.86 bits per heavy atom. The number of hydrogen-bond donors (Lipinski definition) is 1. The summed E-state index contributed by atoms with van der Waals surface area (Å²) in [5, 5.41) is 17.5. The highest BCUT2D eigenvalue weighted by atomic mass is 19.4. The van der Waals surface area contributed by atoms with Crippen LogP contribution in [0.5, 0.6) is 0 Å². The maximum absolute atomic E-state index is 14.3. The maximum Gasteiger partial charge on any atom is 0.416 e. The molecule has 2 aromatic rings. The molecule has 1 aromatic heterocycles. The van der Waals surface area contributed by atoms with Crippen molar-refractivity contribution in [2.45, 2.75) is 88.6 Å². The lowest BCUT2D eigenvalue weighted by Gasteiger charge is -2.39. The number of nitrogens with zero attached hydrogens (tertiary/aromatic N) is 5. The SMILES string of the molecule is CCN1C(=O)[C@@H](NC(=O)c2cccc(C(F)(F)F)c2)[C@@H](C2CC2)c2c(C(=O)N3[C@H](C#N)CC[C@@H]3C)nn(C3CCOCC3)c21. The zero-order valence-electron chi connectivity index (χ0n) is 24.6. The smallest absolute Gasteiger partial charge is 0.381 e. The minimum atomic E-state index is -4.64. The van der Waals surface area contributed by atoms with Crippen LogP contribution in [0.2, 0.25) is 0 Å². The summed E-state index contributed by atoms with van der Waals surface area (Å²) in [4.78, 5) is 45.1. The Balaban J connectivity index is 1.46. The second-order valence-electron chi connectivity index (χ2n) is 12.1. The molecule has 10 nitrogen and oxygen atoms in total. The molecule has 1 N–H and O–H groups in total. The van der Waals surface area contributed by atoms with E-state index in [0.29, 0.717) is 50.3 Å². The number of hydrogen-bond acceptors (Lipinski definition) is 6. The van der Waals surface area contributed by atoms with E-state index in [1.165, 1.54) is 11.0 Å². The summed E-state index contributed by atoms with van der Waals surface area (Å²) in [6.45, 7) is 4.92. The second-order valence-corrected chi connectivity index (χ2v) is 12.1. The number of ether oxygens (including phenoxy) is 1. The standard InChI is InChI=1S/C31H35F3N6O4/c1-3-38-28-24(26(37-40(28)21-11-13-44-14-12-21)30(43)39-17(2)7-10-22(39)16-35)23(18-8-9-18)25(29(38)42)36-27(41)19-5-4-6-20(15-19)31(32,33)34/h4-6,15,17-18,21-23,25H,3,7-14H2,1-2H3,(H,36,41)/t17-,22-,23-,25-/m0/s1. The van der Waals surface area contributed by atoms with Crippen LogP contribution in [0.25, 0.3) is 0 Å². The number of likely N-dealkylation sites (N-methyl/N-ethyl adjacent to an activating group) is 1. The Morgan fingerprint density at radius 1 is 1.14 bits per heavy atom. The van der Waals surface area contributed by atoms with Crippen molar-refractivity contribution in [1.29, 1.82) is 5.26 Å². The fourth-order valence-electron chi connectivity index (χ4n) is 7.01. The van der Waals surface area contributed by atoms with Crippen LogP contribution in [0.3, 0.4) is 0 Å². The van der Waals surface area contributed by atoms with Crippen molar-refractivity contribution in [1.82, 2.24) is 20.0 Å². The van der Waals surface area contributed by atoms with Crippen LogP contribution in [-0.2, 0) is 15.7 Å². The number of carbonyl (C=O) groups excluding carboxylic acids is 3. The summed E-state index contributed by atoms with van der Waals surface area (Å²) in [6.07, 6.45) is -0.617. The van der Waals surface area contributed by atoms with Gasteiger partial charge in [-0.1, -0.05) is 6.07 Å². The van der Waals surface area contributed by atoms with Crippen LogP contribution in [0.15, 0.2) is 24.3 Å². The van der Waals surface area contributed by atoms with Gasteiger partial charge in [0.1, 0.15) is 17.9 Å². The first-order valence-electron chi connectivity index (χ1n) is 15.3. The third-order valence-corrected chi connectivity index (χ3v) is 9.38. The molecule has 2 saturated heterocycles. The molecule has 0 bridgehead atoms. The van der Waals surface area contributed by atoms with E-state index in [4.69, 9.17) is 9.84 Å². The summed E-state index contributed by atoms with van der Waals surface area (Å²) in [6, 6.07) is 4.31. The van der Waals surface area contributed by atoms with Crippen molar-refractivity contribution >= 4 is 23.5 Å². The van der Waals surface area contributed by atoms with E-state index in [-0.39, 0.29) is 41.7 Å². The van der Waals surface area contributed by atoms with Gasteiger partial charge in [0.25, 0.3) is 17.7 Å². The molecule has 4 aliphatic rings. The highest BCUT2D eigenvalue weighted by Crippen LogP contribution is 2.52. The predicted molar refractivity (Wildman–Crippen MR) is 152 cm³/mol. The second kappa shape index (κ2) is 11.5. The number of benzene rings is 1. The Labute approximate surface area is 253 Å². The third-order valence-electron chi connectivity index (χ3n) is 9.38. The lowest BCUT2D eigenvalue weighted by atomic mass is 9.82. The fourth-order valence-corrected chi connectivity index (χ4v) is 7.01. The first kappa shape index (κ1) is 30.1.